The van der Waals surface area contributed by atoms with E-state index in [4.69, 9.17) is 15.2 Å². The van der Waals surface area contributed by atoms with E-state index in [1.165, 1.54) is 31.2 Å². The fourth-order valence-electron chi connectivity index (χ4n) is 2.96. The molecule has 0 aliphatic carbocycles. The third kappa shape index (κ3) is 9.62. The number of amides is 2. The van der Waals surface area contributed by atoms with E-state index in [9.17, 15) is 29.3 Å². The van der Waals surface area contributed by atoms with Gasteiger partial charge in [-0.05, 0) is 29.7 Å². The molecule has 2 aromatic carbocycles. The molecule has 0 saturated heterocycles. The van der Waals surface area contributed by atoms with Gasteiger partial charge in [-0.2, -0.15) is 0 Å². The van der Waals surface area contributed by atoms with Gasteiger partial charge in [0.2, 0.25) is 11.8 Å². The molecular weight excluding hydrogens is 458 g/mol. The number of hydrogen-bond donors (Lipinski definition) is 2. The minimum absolute atomic E-state index is 0.0736. The summed E-state index contributed by atoms with van der Waals surface area (Å²) in [5.74, 6) is -3.45. The average Bonchev–Trinajstić information content (AvgIpc) is 2.84. The standard InChI is InChI=1S/C24H27N3O8/c1-16(13-22(29)34-14-17-5-3-2-4-6-17)23(30)26-20(11-12-21(25)28)24(31)35-15-18-7-9-19(10-8-18)27(32)33/h2-10,16,20H,11-15H2,1H3,(H2,25,28)(H,26,30)/t16-,20+/m0/s1. The Kier molecular flexibility index (Phi) is 10.3. The zero-order chi connectivity index (χ0) is 25.8. The maximum Gasteiger partial charge on any atom is 0.328 e. The van der Waals surface area contributed by atoms with E-state index in [1.807, 2.05) is 18.2 Å². The van der Waals surface area contributed by atoms with Gasteiger partial charge in [0.15, 0.2) is 0 Å². The maximum absolute atomic E-state index is 12.6. The van der Waals surface area contributed by atoms with Crippen LogP contribution in [-0.2, 0) is 41.9 Å². The van der Waals surface area contributed by atoms with Crippen molar-refractivity contribution in [2.75, 3.05) is 0 Å². The summed E-state index contributed by atoms with van der Waals surface area (Å²) in [7, 11) is 0. The van der Waals surface area contributed by atoms with Crippen LogP contribution < -0.4 is 11.1 Å². The van der Waals surface area contributed by atoms with Crippen LogP contribution in [0.15, 0.2) is 54.6 Å². The molecule has 0 aliphatic heterocycles. The molecule has 0 radical (unpaired) electrons. The highest BCUT2D eigenvalue weighted by Crippen LogP contribution is 2.14. The Morgan fingerprint density at radius 1 is 0.971 bits per heavy atom. The molecule has 0 aromatic heterocycles. The molecule has 11 heteroatoms. The first-order valence-corrected chi connectivity index (χ1v) is 10.8. The third-order valence-corrected chi connectivity index (χ3v) is 4.97. The second-order valence-electron chi connectivity index (χ2n) is 7.85. The van der Waals surface area contributed by atoms with Gasteiger partial charge in [-0.1, -0.05) is 37.3 Å². The Balaban J connectivity index is 1.90. The van der Waals surface area contributed by atoms with E-state index in [0.717, 1.165) is 5.56 Å². The van der Waals surface area contributed by atoms with Gasteiger partial charge in [0.05, 0.1) is 11.3 Å². The molecule has 186 valence electrons. The lowest BCUT2D eigenvalue weighted by Gasteiger charge is -2.19. The lowest BCUT2D eigenvalue weighted by Crippen LogP contribution is -2.44. The van der Waals surface area contributed by atoms with E-state index in [2.05, 4.69) is 5.32 Å². The van der Waals surface area contributed by atoms with Crippen molar-refractivity contribution in [2.45, 2.75) is 45.4 Å². The van der Waals surface area contributed by atoms with Gasteiger partial charge in [0.1, 0.15) is 19.3 Å². The molecule has 0 aliphatic rings. The largest absolute Gasteiger partial charge is 0.461 e. The molecular formula is C24H27N3O8. The van der Waals surface area contributed by atoms with Crippen LogP contribution in [0.5, 0.6) is 0 Å². The smallest absolute Gasteiger partial charge is 0.328 e. The number of nitrogens with zero attached hydrogens (tertiary/aromatic N) is 1. The highest BCUT2D eigenvalue weighted by molar-refractivity contribution is 5.88. The second-order valence-corrected chi connectivity index (χ2v) is 7.85. The molecule has 0 unspecified atom stereocenters. The maximum atomic E-state index is 12.6. The summed E-state index contributed by atoms with van der Waals surface area (Å²) in [5, 5.41) is 13.2. The highest BCUT2D eigenvalue weighted by atomic mass is 16.6. The van der Waals surface area contributed by atoms with E-state index in [-0.39, 0.29) is 38.2 Å². The first kappa shape index (κ1) is 27.0. The van der Waals surface area contributed by atoms with Crippen LogP contribution in [0.1, 0.15) is 37.3 Å². The van der Waals surface area contributed by atoms with E-state index >= 15 is 0 Å². The zero-order valence-electron chi connectivity index (χ0n) is 19.2. The van der Waals surface area contributed by atoms with Crippen LogP contribution in [0.25, 0.3) is 0 Å². The number of nitro groups is 1. The summed E-state index contributed by atoms with van der Waals surface area (Å²) < 4.78 is 10.4. The number of benzene rings is 2. The fraction of sp³-hybridized carbons (Fsp3) is 0.333. The fourth-order valence-corrected chi connectivity index (χ4v) is 2.96. The molecule has 0 heterocycles. The number of carbonyl (C=O) groups is 4. The molecule has 2 aromatic rings. The summed E-state index contributed by atoms with van der Waals surface area (Å²) in [5.41, 5.74) is 6.36. The average molecular weight is 485 g/mol. The topological polar surface area (TPSA) is 168 Å². The number of carbonyl (C=O) groups excluding carboxylic acids is 4. The number of nitrogens with two attached hydrogens (primary N) is 1. The molecule has 11 nitrogen and oxygen atoms in total. The lowest BCUT2D eigenvalue weighted by atomic mass is 10.1. The number of primary amides is 1. The van der Waals surface area contributed by atoms with Crippen LogP contribution in [0.3, 0.4) is 0 Å². The number of non-ortho nitro benzene ring substituents is 1. The minimum Gasteiger partial charge on any atom is -0.461 e. The summed E-state index contributed by atoms with van der Waals surface area (Å²) in [4.78, 5) is 58.6. The minimum atomic E-state index is -1.17. The molecule has 2 amide bonds. The van der Waals surface area contributed by atoms with Crippen LogP contribution in [-0.4, -0.2) is 34.7 Å². The van der Waals surface area contributed by atoms with Crippen molar-refractivity contribution < 1.29 is 33.6 Å². The first-order valence-electron chi connectivity index (χ1n) is 10.8. The number of nitrogens with one attached hydrogen (secondary N) is 1. The normalized spacial score (nSPS) is 12.1. The lowest BCUT2D eigenvalue weighted by molar-refractivity contribution is -0.384. The van der Waals surface area contributed by atoms with Crippen molar-refractivity contribution in [2.24, 2.45) is 11.7 Å². The first-order chi connectivity index (χ1) is 16.7. The number of hydrogen-bond acceptors (Lipinski definition) is 8. The molecule has 0 bridgehead atoms. The van der Waals surface area contributed by atoms with Crippen LogP contribution in [0, 0.1) is 16.0 Å². The number of esters is 2. The van der Waals surface area contributed by atoms with Crippen molar-refractivity contribution in [3.63, 3.8) is 0 Å². The van der Waals surface area contributed by atoms with Crippen LogP contribution in [0.2, 0.25) is 0 Å². The van der Waals surface area contributed by atoms with E-state index in [1.54, 1.807) is 12.1 Å². The Hall–Kier alpha value is -4.28. The Bertz CT molecular complexity index is 1040. The summed E-state index contributed by atoms with van der Waals surface area (Å²) >= 11 is 0. The SMILES string of the molecule is C[C@@H](CC(=O)OCc1ccccc1)C(=O)N[C@H](CCC(N)=O)C(=O)OCc1ccc([N+](=O)[O-])cc1. The van der Waals surface area contributed by atoms with Gasteiger partial charge in [0, 0.05) is 24.5 Å². The van der Waals surface area contributed by atoms with Crippen LogP contribution >= 0.6 is 0 Å². The van der Waals surface area contributed by atoms with Gasteiger partial charge in [-0.25, -0.2) is 4.79 Å². The van der Waals surface area contributed by atoms with Gasteiger partial charge in [-0.3, -0.25) is 24.5 Å². The monoisotopic (exact) mass is 485 g/mol. The van der Waals surface area contributed by atoms with Gasteiger partial charge in [-0.15, -0.1) is 0 Å². The molecule has 2 rings (SSSR count). The van der Waals surface area contributed by atoms with Crippen molar-refractivity contribution in [1.29, 1.82) is 0 Å². The molecule has 0 spiro atoms. The molecule has 2 atom stereocenters. The zero-order valence-corrected chi connectivity index (χ0v) is 19.2. The molecule has 3 N–H and O–H groups in total. The van der Waals surface area contributed by atoms with Crippen molar-refractivity contribution in [3.8, 4) is 0 Å². The Morgan fingerprint density at radius 2 is 1.57 bits per heavy atom. The quantitative estimate of drug-likeness (QED) is 0.247. The van der Waals surface area contributed by atoms with Crippen molar-refractivity contribution >= 4 is 29.4 Å². The summed E-state index contributed by atoms with van der Waals surface area (Å²) in [6, 6.07) is 13.3. The van der Waals surface area contributed by atoms with Gasteiger partial charge in [0.25, 0.3) is 5.69 Å². The van der Waals surface area contributed by atoms with Crippen molar-refractivity contribution in [1.82, 2.24) is 5.32 Å². The highest BCUT2D eigenvalue weighted by Gasteiger charge is 2.26. The Morgan fingerprint density at radius 3 is 2.17 bits per heavy atom. The molecule has 0 fully saturated rings. The van der Waals surface area contributed by atoms with Gasteiger partial charge < -0.3 is 20.5 Å². The third-order valence-electron chi connectivity index (χ3n) is 4.97. The summed E-state index contributed by atoms with van der Waals surface area (Å²) in [6.45, 7) is 1.39. The van der Waals surface area contributed by atoms with E-state index < -0.39 is 40.6 Å². The van der Waals surface area contributed by atoms with E-state index in [0.29, 0.717) is 5.56 Å². The summed E-state index contributed by atoms with van der Waals surface area (Å²) in [6.07, 6.45) is -0.477. The molecule has 0 saturated carbocycles. The molecule has 35 heavy (non-hydrogen) atoms. The number of ether oxygens (including phenoxy) is 2. The van der Waals surface area contributed by atoms with Crippen LogP contribution in [0.4, 0.5) is 5.69 Å². The number of nitro benzene ring substituents is 1. The predicted molar refractivity (Wildman–Crippen MR) is 123 cm³/mol. The predicted octanol–water partition coefficient (Wildman–Crippen LogP) is 2.16. The Labute approximate surface area is 201 Å². The van der Waals surface area contributed by atoms with Crippen molar-refractivity contribution in [3.05, 3.63) is 75.8 Å². The van der Waals surface area contributed by atoms with Gasteiger partial charge >= 0.3 is 11.9 Å². The number of rotatable bonds is 13. The second kappa shape index (κ2) is 13.4.